The largest absolute Gasteiger partial charge is 0.368 e. The van der Waals surface area contributed by atoms with E-state index in [0.717, 1.165) is 65.9 Å². The molecule has 3 aromatic carbocycles. The van der Waals surface area contributed by atoms with Crippen molar-refractivity contribution in [2.45, 2.75) is 13.5 Å². The molecule has 0 aliphatic carbocycles. The lowest BCUT2D eigenvalue weighted by atomic mass is 10.1. The maximum Gasteiger partial charge on any atom is 0.227 e. The first-order valence-electron chi connectivity index (χ1n) is 13.2. The summed E-state index contributed by atoms with van der Waals surface area (Å²) in [5.74, 6) is 1.63. The Bertz CT molecular complexity index is 1570. The van der Waals surface area contributed by atoms with Crippen molar-refractivity contribution in [2.75, 3.05) is 46.6 Å². The minimum absolute atomic E-state index is 0.675. The van der Waals surface area contributed by atoms with Crippen LogP contribution in [0.2, 0.25) is 5.02 Å². The molecule has 0 radical (unpaired) electrons. The summed E-state index contributed by atoms with van der Waals surface area (Å²) in [5.41, 5.74) is 6.27. The smallest absolute Gasteiger partial charge is 0.227 e. The van der Waals surface area contributed by atoms with Gasteiger partial charge in [0.05, 0.1) is 5.52 Å². The number of nitrogens with one attached hydrogen (secondary N) is 2. The number of hydrogen-bond donors (Lipinski definition) is 2. The molecule has 1 saturated heterocycles. The van der Waals surface area contributed by atoms with Gasteiger partial charge in [0.1, 0.15) is 5.82 Å². The zero-order chi connectivity index (χ0) is 26.6. The molecule has 7 nitrogen and oxygen atoms in total. The monoisotopic (exact) mass is 535 g/mol. The summed E-state index contributed by atoms with van der Waals surface area (Å²) in [7, 11) is 0. The molecule has 0 spiro atoms. The maximum absolute atomic E-state index is 6.13. The molecule has 0 unspecified atom stereocenters. The van der Waals surface area contributed by atoms with Gasteiger partial charge in [0.25, 0.3) is 0 Å². The predicted molar refractivity (Wildman–Crippen MR) is 161 cm³/mol. The van der Waals surface area contributed by atoms with Gasteiger partial charge in [-0.05, 0) is 61.0 Å². The number of anilines is 5. The highest BCUT2D eigenvalue weighted by Crippen LogP contribution is 2.27. The quantitative estimate of drug-likeness (QED) is 0.241. The first-order chi connectivity index (χ1) is 19.1. The summed E-state index contributed by atoms with van der Waals surface area (Å²) in [6.07, 6.45) is 1.79. The number of halogens is 1. The third-order valence-corrected chi connectivity index (χ3v) is 7.17. The number of aryl methyl sites for hydroxylation is 1. The molecule has 1 aliphatic heterocycles. The van der Waals surface area contributed by atoms with E-state index >= 15 is 0 Å². The first kappa shape index (κ1) is 24.9. The summed E-state index contributed by atoms with van der Waals surface area (Å²) in [6, 6.07) is 28.7. The van der Waals surface area contributed by atoms with Gasteiger partial charge in [-0.15, -0.1) is 0 Å². The van der Waals surface area contributed by atoms with E-state index in [1.165, 1.54) is 11.3 Å². The van der Waals surface area contributed by atoms with Crippen LogP contribution in [0.25, 0.3) is 10.9 Å². The zero-order valence-corrected chi connectivity index (χ0v) is 22.6. The minimum Gasteiger partial charge on any atom is -0.368 e. The van der Waals surface area contributed by atoms with Crippen molar-refractivity contribution in [3.05, 3.63) is 107 Å². The second-order valence-corrected chi connectivity index (χ2v) is 10.1. The van der Waals surface area contributed by atoms with E-state index < -0.39 is 0 Å². The highest BCUT2D eigenvalue weighted by molar-refractivity contribution is 6.31. The second kappa shape index (κ2) is 11.2. The van der Waals surface area contributed by atoms with Crippen molar-refractivity contribution in [3.63, 3.8) is 0 Å². The number of hydrogen-bond acceptors (Lipinski definition) is 7. The Hall–Kier alpha value is -4.36. The molecule has 6 rings (SSSR count). The number of pyridine rings is 1. The van der Waals surface area contributed by atoms with E-state index in [0.29, 0.717) is 11.6 Å². The van der Waals surface area contributed by atoms with E-state index in [2.05, 4.69) is 80.0 Å². The molecule has 2 aromatic heterocycles. The Morgan fingerprint density at radius 3 is 2.38 bits per heavy atom. The highest BCUT2D eigenvalue weighted by Gasteiger charge is 2.20. The number of fused-ring (bicyclic) bond motifs is 1. The van der Waals surface area contributed by atoms with E-state index in [9.17, 15) is 0 Å². The molecule has 8 heteroatoms. The molecule has 0 amide bonds. The van der Waals surface area contributed by atoms with Crippen LogP contribution in [0.15, 0.2) is 91.1 Å². The van der Waals surface area contributed by atoms with Gasteiger partial charge in [-0.3, -0.25) is 4.98 Å². The minimum atomic E-state index is 0.675. The maximum atomic E-state index is 6.13. The Morgan fingerprint density at radius 1 is 0.821 bits per heavy atom. The summed E-state index contributed by atoms with van der Waals surface area (Å²) in [5, 5.41) is 8.70. The second-order valence-electron chi connectivity index (χ2n) is 9.70. The van der Waals surface area contributed by atoms with Crippen LogP contribution in [0.3, 0.4) is 0 Å². The highest BCUT2D eigenvalue weighted by atomic mass is 35.5. The van der Waals surface area contributed by atoms with Gasteiger partial charge in [-0.25, -0.2) is 4.98 Å². The predicted octanol–water partition coefficient (Wildman–Crippen LogP) is 6.67. The Morgan fingerprint density at radius 2 is 1.59 bits per heavy atom. The molecule has 1 fully saturated rings. The number of rotatable bonds is 7. The van der Waals surface area contributed by atoms with E-state index in [1.54, 1.807) is 6.20 Å². The number of para-hydroxylation sites is 1. The lowest BCUT2D eigenvalue weighted by molar-refractivity contribution is 0.639. The van der Waals surface area contributed by atoms with Crippen LogP contribution in [-0.4, -0.2) is 41.1 Å². The summed E-state index contributed by atoms with van der Waals surface area (Å²) >= 11 is 6.13. The average Bonchev–Trinajstić information content (AvgIpc) is 2.97. The van der Waals surface area contributed by atoms with Crippen molar-refractivity contribution in [1.82, 2.24) is 15.0 Å². The van der Waals surface area contributed by atoms with Crippen molar-refractivity contribution in [3.8, 4) is 0 Å². The summed E-state index contributed by atoms with van der Waals surface area (Å²) < 4.78 is 0. The van der Waals surface area contributed by atoms with Crippen LogP contribution in [0.5, 0.6) is 0 Å². The van der Waals surface area contributed by atoms with Crippen LogP contribution >= 0.6 is 11.6 Å². The fraction of sp³-hybridized carbons (Fsp3) is 0.194. The van der Waals surface area contributed by atoms with Gasteiger partial charge in [0.15, 0.2) is 0 Å². The SMILES string of the molecule is Cc1cc(NCc2ccc(Nc3ccnc4cc(Cl)ccc34)cc2)nc(N2CCN(c3ccccc3)CC2)n1. The van der Waals surface area contributed by atoms with Crippen LogP contribution in [-0.2, 0) is 6.54 Å². The van der Waals surface area contributed by atoms with Gasteiger partial charge in [-0.2, -0.15) is 4.98 Å². The molecule has 2 N–H and O–H groups in total. The Balaban J connectivity index is 1.08. The van der Waals surface area contributed by atoms with Crippen LogP contribution in [0.4, 0.5) is 28.8 Å². The lowest BCUT2D eigenvalue weighted by Gasteiger charge is -2.36. The average molecular weight is 536 g/mol. The molecule has 3 heterocycles. The molecule has 5 aromatic rings. The van der Waals surface area contributed by atoms with Crippen molar-refractivity contribution in [1.29, 1.82) is 0 Å². The first-order valence-corrected chi connectivity index (χ1v) is 13.5. The normalized spacial score (nSPS) is 13.5. The molecule has 0 bridgehead atoms. The van der Waals surface area contributed by atoms with Crippen molar-refractivity contribution in [2.24, 2.45) is 0 Å². The van der Waals surface area contributed by atoms with Crippen LogP contribution < -0.4 is 20.4 Å². The Labute approximate surface area is 233 Å². The van der Waals surface area contributed by atoms with Gasteiger partial charge < -0.3 is 20.4 Å². The number of nitrogens with zero attached hydrogens (tertiary/aromatic N) is 5. The summed E-state index contributed by atoms with van der Waals surface area (Å²) in [4.78, 5) is 18.7. The molecular formula is C31H30ClN7. The van der Waals surface area contributed by atoms with E-state index in [1.807, 2.05) is 37.3 Å². The van der Waals surface area contributed by atoms with Crippen LogP contribution in [0.1, 0.15) is 11.3 Å². The molecule has 39 heavy (non-hydrogen) atoms. The fourth-order valence-corrected chi connectivity index (χ4v) is 5.04. The van der Waals surface area contributed by atoms with E-state index in [4.69, 9.17) is 21.6 Å². The topological polar surface area (TPSA) is 69.2 Å². The van der Waals surface area contributed by atoms with Gasteiger partial charge >= 0.3 is 0 Å². The number of piperazine rings is 1. The Kier molecular flexibility index (Phi) is 7.15. The standard InChI is InChI=1S/C31H30ClN7/c1-22-19-30(37-31(35-22)39-17-15-38(16-18-39)26-5-3-2-4-6-26)34-21-23-7-10-25(11-8-23)36-28-13-14-33-29-20-24(32)9-12-27(28)29/h2-14,19-20H,15-18,21H2,1H3,(H,33,36)(H,34,35,37). The zero-order valence-electron chi connectivity index (χ0n) is 21.8. The third-order valence-electron chi connectivity index (χ3n) is 6.94. The fourth-order valence-electron chi connectivity index (χ4n) is 4.87. The van der Waals surface area contributed by atoms with Gasteiger partial charge in [0, 0.05) is 78.2 Å². The van der Waals surface area contributed by atoms with Crippen molar-refractivity contribution >= 4 is 51.3 Å². The van der Waals surface area contributed by atoms with Gasteiger partial charge in [-0.1, -0.05) is 41.9 Å². The molecule has 196 valence electrons. The molecule has 0 atom stereocenters. The third kappa shape index (κ3) is 5.89. The molecule has 1 aliphatic rings. The van der Waals surface area contributed by atoms with Crippen molar-refractivity contribution < 1.29 is 0 Å². The van der Waals surface area contributed by atoms with E-state index in [-0.39, 0.29) is 0 Å². The summed E-state index contributed by atoms with van der Waals surface area (Å²) in [6.45, 7) is 6.39. The number of benzene rings is 3. The molecule has 0 saturated carbocycles. The lowest BCUT2D eigenvalue weighted by Crippen LogP contribution is -2.47. The molecular weight excluding hydrogens is 506 g/mol. The number of aromatic nitrogens is 3. The van der Waals surface area contributed by atoms with Crippen LogP contribution in [0, 0.1) is 6.92 Å². The van der Waals surface area contributed by atoms with Gasteiger partial charge in [0.2, 0.25) is 5.95 Å².